The summed E-state index contributed by atoms with van der Waals surface area (Å²) < 4.78 is 4.48. The normalized spacial score (nSPS) is 10.4. The van der Waals surface area contributed by atoms with E-state index in [9.17, 15) is 14.7 Å². The number of rotatable bonds is 4. The second kappa shape index (κ2) is 7.93. The summed E-state index contributed by atoms with van der Waals surface area (Å²) in [4.78, 5) is 26.0. The predicted molar refractivity (Wildman–Crippen MR) is 68.6 cm³/mol. The molecule has 7 heteroatoms. The maximum absolute atomic E-state index is 11.2. The quantitative estimate of drug-likeness (QED) is 0.220. The second-order valence-corrected chi connectivity index (χ2v) is 3.37. The Labute approximate surface area is 121 Å². The number of carbonyl (C=O) groups excluding carboxylic acids is 2. The molecule has 0 aliphatic heterocycles. The van der Waals surface area contributed by atoms with Crippen molar-refractivity contribution in [2.45, 2.75) is 6.92 Å². The van der Waals surface area contributed by atoms with Crippen LogP contribution in [0.15, 0.2) is 24.4 Å². The zero-order valence-corrected chi connectivity index (χ0v) is 9.77. The Hall–Kier alpha value is -1.28. The number of ketones is 1. The molecular formula is C11H11ClLiNO4. The van der Waals surface area contributed by atoms with Gasteiger partial charge in [0.15, 0.2) is 0 Å². The number of esters is 1. The summed E-state index contributed by atoms with van der Waals surface area (Å²) in [5.41, 5.74) is 0.294. The molecule has 18 heavy (non-hydrogen) atoms. The first-order chi connectivity index (χ1) is 8.04. The zero-order chi connectivity index (χ0) is 12.8. The summed E-state index contributed by atoms with van der Waals surface area (Å²) in [6.07, 6.45) is 2.15. The van der Waals surface area contributed by atoms with Crippen LogP contribution in [-0.2, 0) is 14.3 Å². The van der Waals surface area contributed by atoms with Crippen molar-refractivity contribution in [1.29, 1.82) is 0 Å². The number of hydrogen-bond donors (Lipinski definition) is 1. The van der Waals surface area contributed by atoms with Gasteiger partial charge in [-0.2, -0.15) is 0 Å². The molecule has 1 rings (SSSR count). The van der Waals surface area contributed by atoms with Crippen LogP contribution in [0, 0.1) is 0 Å². The Kier molecular flexibility index (Phi) is 7.37. The van der Waals surface area contributed by atoms with Crippen LogP contribution in [0.4, 0.5) is 0 Å². The van der Waals surface area contributed by atoms with Gasteiger partial charge in [-0.15, -0.1) is 0 Å². The summed E-state index contributed by atoms with van der Waals surface area (Å²) in [6.45, 7) is 1.68. The molecule has 0 saturated heterocycles. The first-order valence-electron chi connectivity index (χ1n) is 4.78. The number of carbonyl (C=O) groups is 2. The number of hydrogen-bond acceptors (Lipinski definition) is 5. The van der Waals surface area contributed by atoms with E-state index in [0.29, 0.717) is 5.56 Å². The number of aromatic nitrogens is 1. The van der Waals surface area contributed by atoms with Gasteiger partial charge in [0.1, 0.15) is 10.9 Å². The van der Waals surface area contributed by atoms with Gasteiger partial charge in [0.2, 0.25) is 0 Å². The average Bonchev–Trinajstić information content (AvgIpc) is 2.29. The number of aliphatic hydroxyl groups excluding tert-OH is 1. The SMILES string of the molecule is CCOC(=O)C(=O)C=C(O)c1ccnc(Cl)c1.[LiH]. The van der Waals surface area contributed by atoms with Gasteiger partial charge in [0.25, 0.3) is 5.78 Å². The number of pyridine rings is 1. The molecule has 0 fully saturated rings. The molecule has 0 amide bonds. The van der Waals surface area contributed by atoms with Gasteiger partial charge in [0, 0.05) is 17.8 Å². The molecule has 0 aromatic carbocycles. The van der Waals surface area contributed by atoms with Gasteiger partial charge < -0.3 is 9.84 Å². The molecule has 1 heterocycles. The van der Waals surface area contributed by atoms with Crippen LogP contribution in [-0.4, -0.2) is 47.3 Å². The van der Waals surface area contributed by atoms with Crippen molar-refractivity contribution in [2.24, 2.45) is 0 Å². The third kappa shape index (κ3) is 4.92. The molecule has 5 nitrogen and oxygen atoms in total. The number of nitrogens with zero attached hydrogens (tertiary/aromatic N) is 1. The number of halogens is 1. The van der Waals surface area contributed by atoms with Crippen LogP contribution in [0.25, 0.3) is 5.76 Å². The van der Waals surface area contributed by atoms with Gasteiger partial charge in [-0.25, -0.2) is 9.78 Å². The maximum atomic E-state index is 11.2. The van der Waals surface area contributed by atoms with Crippen molar-refractivity contribution in [2.75, 3.05) is 6.61 Å². The average molecular weight is 264 g/mol. The van der Waals surface area contributed by atoms with Crippen LogP contribution in [0.2, 0.25) is 5.15 Å². The molecule has 0 aliphatic carbocycles. The molecule has 0 spiro atoms. The van der Waals surface area contributed by atoms with Gasteiger partial charge in [0.05, 0.1) is 6.61 Å². The molecule has 0 unspecified atom stereocenters. The Morgan fingerprint density at radius 1 is 1.56 bits per heavy atom. The third-order valence-electron chi connectivity index (χ3n) is 1.77. The van der Waals surface area contributed by atoms with Crippen molar-refractivity contribution < 1.29 is 19.4 Å². The summed E-state index contributed by atoms with van der Waals surface area (Å²) in [5, 5.41) is 9.75. The van der Waals surface area contributed by atoms with E-state index in [-0.39, 0.29) is 36.4 Å². The first kappa shape index (κ1) is 16.7. The van der Waals surface area contributed by atoms with E-state index < -0.39 is 11.8 Å². The van der Waals surface area contributed by atoms with E-state index >= 15 is 0 Å². The molecule has 0 aliphatic rings. The molecule has 0 atom stereocenters. The standard InChI is InChI=1S/C11H10ClNO4.Li.H/c1-2-17-11(16)9(15)6-8(14)7-3-4-13-10(12)5-7;;/h3-6,14H,2H2,1H3;;. The van der Waals surface area contributed by atoms with Gasteiger partial charge in [-0.05, 0) is 19.1 Å². The van der Waals surface area contributed by atoms with Gasteiger partial charge >= 0.3 is 24.8 Å². The fourth-order valence-electron chi connectivity index (χ4n) is 1.03. The minimum absolute atomic E-state index is 0. The van der Waals surface area contributed by atoms with Crippen molar-refractivity contribution in [1.82, 2.24) is 4.98 Å². The van der Waals surface area contributed by atoms with E-state index in [1.54, 1.807) is 6.92 Å². The minimum atomic E-state index is -1.01. The van der Waals surface area contributed by atoms with Crippen LogP contribution < -0.4 is 0 Å². The van der Waals surface area contributed by atoms with Gasteiger partial charge in [-0.1, -0.05) is 11.6 Å². The summed E-state index contributed by atoms with van der Waals surface area (Å²) in [7, 11) is 0. The Balaban J connectivity index is 0.00000289. The number of aliphatic hydroxyl groups is 1. The summed E-state index contributed by atoms with van der Waals surface area (Å²) in [5.74, 6) is -2.32. The zero-order valence-electron chi connectivity index (χ0n) is 9.01. The summed E-state index contributed by atoms with van der Waals surface area (Å²) >= 11 is 5.61. The molecule has 92 valence electrons. The molecule has 1 aromatic rings. The fraction of sp³-hybridized carbons (Fsp3) is 0.182. The molecular weight excluding hydrogens is 253 g/mol. The van der Waals surface area contributed by atoms with Crippen LogP contribution in [0.5, 0.6) is 0 Å². The monoisotopic (exact) mass is 263 g/mol. The Bertz CT molecular complexity index is 476. The van der Waals surface area contributed by atoms with Crippen molar-refractivity contribution >= 4 is 48.0 Å². The van der Waals surface area contributed by atoms with E-state index in [2.05, 4.69) is 9.72 Å². The predicted octanol–water partition coefficient (Wildman–Crippen LogP) is 1.12. The van der Waals surface area contributed by atoms with Crippen LogP contribution in [0.1, 0.15) is 12.5 Å². The van der Waals surface area contributed by atoms with E-state index in [0.717, 1.165) is 6.08 Å². The Morgan fingerprint density at radius 3 is 2.78 bits per heavy atom. The Morgan fingerprint density at radius 2 is 2.22 bits per heavy atom. The van der Waals surface area contributed by atoms with E-state index in [4.69, 9.17) is 11.6 Å². The fourth-order valence-corrected chi connectivity index (χ4v) is 1.20. The van der Waals surface area contributed by atoms with E-state index in [1.807, 2.05) is 0 Å². The van der Waals surface area contributed by atoms with Crippen LogP contribution >= 0.6 is 11.6 Å². The molecule has 0 saturated carbocycles. The first-order valence-corrected chi connectivity index (χ1v) is 5.16. The molecule has 1 aromatic heterocycles. The van der Waals surface area contributed by atoms with E-state index in [1.165, 1.54) is 18.3 Å². The topological polar surface area (TPSA) is 76.5 Å². The molecule has 1 N–H and O–H groups in total. The molecule has 0 radical (unpaired) electrons. The van der Waals surface area contributed by atoms with Gasteiger partial charge in [-0.3, -0.25) is 4.79 Å². The summed E-state index contributed by atoms with van der Waals surface area (Å²) in [6, 6.07) is 2.82. The van der Waals surface area contributed by atoms with Crippen molar-refractivity contribution in [3.8, 4) is 0 Å². The molecule has 0 bridgehead atoms. The van der Waals surface area contributed by atoms with Crippen LogP contribution in [0.3, 0.4) is 0 Å². The second-order valence-electron chi connectivity index (χ2n) is 2.98. The van der Waals surface area contributed by atoms with Crippen molar-refractivity contribution in [3.05, 3.63) is 35.1 Å². The third-order valence-corrected chi connectivity index (χ3v) is 1.97. The number of ether oxygens (including phenoxy) is 1. The van der Waals surface area contributed by atoms with Crippen molar-refractivity contribution in [3.63, 3.8) is 0 Å².